The summed E-state index contributed by atoms with van der Waals surface area (Å²) in [5.74, 6) is 0.449. The first kappa shape index (κ1) is 14.7. The van der Waals surface area contributed by atoms with Crippen molar-refractivity contribution in [3.05, 3.63) is 12.7 Å². The topological polar surface area (TPSA) is 69.4 Å². The molecule has 0 saturated carbocycles. The van der Waals surface area contributed by atoms with Crippen molar-refractivity contribution in [3.63, 3.8) is 0 Å². The number of primary sulfonamides is 1. The molecule has 0 aromatic carbocycles. The molecule has 0 amide bonds. The Bertz CT molecular complexity index is 334. The van der Waals surface area contributed by atoms with Gasteiger partial charge < -0.3 is 4.74 Å². The normalized spacial score (nSPS) is 22.0. The molecule has 2 atom stereocenters. The van der Waals surface area contributed by atoms with Gasteiger partial charge in [0.2, 0.25) is 10.0 Å². The Hall–Kier alpha value is -0.390. The number of hydrogen-bond acceptors (Lipinski definition) is 3. The van der Waals surface area contributed by atoms with Gasteiger partial charge in [-0.3, -0.25) is 0 Å². The maximum absolute atomic E-state index is 11.6. The van der Waals surface area contributed by atoms with E-state index in [0.717, 1.165) is 26.1 Å². The molecule has 1 heterocycles. The highest BCUT2D eigenvalue weighted by molar-refractivity contribution is 7.89. The van der Waals surface area contributed by atoms with Gasteiger partial charge in [-0.25, -0.2) is 13.6 Å². The number of allylic oxidation sites excluding steroid dienone is 1. The van der Waals surface area contributed by atoms with Gasteiger partial charge in [-0.15, -0.1) is 6.58 Å². The van der Waals surface area contributed by atoms with Crippen molar-refractivity contribution in [1.82, 2.24) is 0 Å². The van der Waals surface area contributed by atoms with Gasteiger partial charge in [0.15, 0.2) is 0 Å². The van der Waals surface area contributed by atoms with Crippen molar-refractivity contribution in [1.29, 1.82) is 0 Å². The van der Waals surface area contributed by atoms with E-state index in [1.165, 1.54) is 0 Å². The number of hydrogen-bond donors (Lipinski definition) is 1. The van der Waals surface area contributed by atoms with Gasteiger partial charge in [0.25, 0.3) is 0 Å². The monoisotopic (exact) mass is 261 g/mol. The van der Waals surface area contributed by atoms with Crippen LogP contribution in [0.2, 0.25) is 0 Å². The third kappa shape index (κ3) is 4.77. The second kappa shape index (κ2) is 6.52. The fraction of sp³-hybridized carbons (Fsp3) is 0.833. The van der Waals surface area contributed by atoms with Gasteiger partial charge in [-0.2, -0.15) is 0 Å². The number of rotatable bonds is 6. The van der Waals surface area contributed by atoms with Crippen molar-refractivity contribution in [2.24, 2.45) is 17.0 Å². The molecule has 0 aliphatic carbocycles. The third-order valence-corrected chi connectivity index (χ3v) is 5.00. The van der Waals surface area contributed by atoms with E-state index in [1.807, 2.05) is 6.92 Å². The molecule has 0 aromatic heterocycles. The molecule has 0 bridgehead atoms. The minimum atomic E-state index is -3.47. The highest BCUT2D eigenvalue weighted by atomic mass is 32.2. The summed E-state index contributed by atoms with van der Waals surface area (Å²) in [6.07, 6.45) is 4.97. The molecule has 4 nitrogen and oxygen atoms in total. The summed E-state index contributed by atoms with van der Waals surface area (Å²) in [7, 11) is -3.47. The van der Waals surface area contributed by atoms with E-state index in [-0.39, 0.29) is 5.92 Å². The van der Waals surface area contributed by atoms with E-state index >= 15 is 0 Å². The summed E-state index contributed by atoms with van der Waals surface area (Å²) < 4.78 is 28.5. The lowest BCUT2D eigenvalue weighted by atomic mass is 9.89. The fourth-order valence-electron chi connectivity index (χ4n) is 2.42. The highest BCUT2D eigenvalue weighted by Gasteiger charge is 2.30. The van der Waals surface area contributed by atoms with E-state index in [9.17, 15) is 8.42 Å². The van der Waals surface area contributed by atoms with Crippen LogP contribution in [0.4, 0.5) is 0 Å². The van der Waals surface area contributed by atoms with Crippen molar-refractivity contribution >= 4 is 10.0 Å². The minimum absolute atomic E-state index is 0.0327. The molecule has 0 spiro atoms. The van der Waals surface area contributed by atoms with Crippen LogP contribution < -0.4 is 5.14 Å². The van der Waals surface area contributed by atoms with Crippen molar-refractivity contribution < 1.29 is 13.2 Å². The zero-order valence-electron chi connectivity index (χ0n) is 10.5. The molecule has 0 radical (unpaired) electrons. The number of nitrogens with two attached hydrogens (primary N) is 1. The van der Waals surface area contributed by atoms with Crippen LogP contribution in [0.5, 0.6) is 0 Å². The predicted molar refractivity (Wildman–Crippen MR) is 69.0 cm³/mol. The second-order valence-electron chi connectivity index (χ2n) is 4.92. The van der Waals surface area contributed by atoms with Crippen LogP contribution in [-0.2, 0) is 14.8 Å². The molecule has 100 valence electrons. The Kier molecular flexibility index (Phi) is 5.62. The van der Waals surface area contributed by atoms with Crippen molar-refractivity contribution in [2.75, 3.05) is 13.2 Å². The van der Waals surface area contributed by atoms with Crippen LogP contribution in [0.25, 0.3) is 0 Å². The van der Waals surface area contributed by atoms with E-state index in [2.05, 4.69) is 6.58 Å². The van der Waals surface area contributed by atoms with Crippen molar-refractivity contribution in [3.8, 4) is 0 Å². The Labute approximate surface area is 104 Å². The zero-order chi connectivity index (χ0) is 12.9. The van der Waals surface area contributed by atoms with Gasteiger partial charge in [-0.1, -0.05) is 13.0 Å². The van der Waals surface area contributed by atoms with E-state index in [1.54, 1.807) is 6.08 Å². The van der Waals surface area contributed by atoms with Crippen LogP contribution in [0.3, 0.4) is 0 Å². The zero-order valence-corrected chi connectivity index (χ0v) is 11.3. The summed E-state index contributed by atoms with van der Waals surface area (Å²) in [6, 6.07) is 0. The average molecular weight is 261 g/mol. The molecular weight excluding hydrogens is 238 g/mol. The molecule has 17 heavy (non-hydrogen) atoms. The maximum atomic E-state index is 11.6. The lowest BCUT2D eigenvalue weighted by Crippen LogP contribution is -2.36. The summed E-state index contributed by atoms with van der Waals surface area (Å²) in [5.41, 5.74) is 0. The number of ether oxygens (including phenoxy) is 1. The Morgan fingerprint density at radius 3 is 2.53 bits per heavy atom. The maximum Gasteiger partial charge on any atom is 0.212 e. The largest absolute Gasteiger partial charge is 0.381 e. The van der Waals surface area contributed by atoms with Gasteiger partial charge in [0, 0.05) is 13.2 Å². The quantitative estimate of drug-likeness (QED) is 0.739. The van der Waals surface area contributed by atoms with Crippen molar-refractivity contribution in [2.45, 2.75) is 37.9 Å². The van der Waals surface area contributed by atoms with Crippen LogP contribution in [0, 0.1) is 11.8 Å². The Morgan fingerprint density at radius 2 is 2.06 bits per heavy atom. The molecule has 0 aromatic rings. The summed E-state index contributed by atoms with van der Waals surface area (Å²) in [6.45, 7) is 7.05. The molecular formula is C12H23NO3S. The van der Waals surface area contributed by atoms with Crippen LogP contribution >= 0.6 is 0 Å². The van der Waals surface area contributed by atoms with Gasteiger partial charge >= 0.3 is 0 Å². The number of sulfonamides is 1. The van der Waals surface area contributed by atoms with E-state index in [4.69, 9.17) is 9.88 Å². The molecule has 5 heteroatoms. The SMILES string of the molecule is C=CC[C@@H](C)[C@@H](CC1CCOCC1)S(N)(=O)=O. The van der Waals surface area contributed by atoms with E-state index in [0.29, 0.717) is 18.8 Å². The molecule has 0 unspecified atom stereocenters. The van der Waals surface area contributed by atoms with Gasteiger partial charge in [-0.05, 0) is 37.5 Å². The van der Waals surface area contributed by atoms with Crippen LogP contribution in [0.15, 0.2) is 12.7 Å². The summed E-state index contributed by atoms with van der Waals surface area (Å²) >= 11 is 0. The molecule has 2 N–H and O–H groups in total. The molecule has 1 fully saturated rings. The van der Waals surface area contributed by atoms with Crippen LogP contribution in [-0.4, -0.2) is 26.9 Å². The average Bonchev–Trinajstić information content (AvgIpc) is 2.26. The lowest BCUT2D eigenvalue weighted by molar-refractivity contribution is 0.0624. The fourth-order valence-corrected chi connectivity index (χ4v) is 3.71. The first-order valence-corrected chi connectivity index (χ1v) is 7.76. The van der Waals surface area contributed by atoms with Gasteiger partial charge in [0.1, 0.15) is 0 Å². The van der Waals surface area contributed by atoms with Gasteiger partial charge in [0.05, 0.1) is 5.25 Å². The molecule has 1 aliphatic rings. The summed E-state index contributed by atoms with van der Waals surface area (Å²) in [4.78, 5) is 0. The molecule has 1 saturated heterocycles. The first-order valence-electron chi connectivity index (χ1n) is 6.15. The highest BCUT2D eigenvalue weighted by Crippen LogP contribution is 2.27. The predicted octanol–water partition coefficient (Wildman–Crippen LogP) is 1.67. The molecule has 1 rings (SSSR count). The third-order valence-electron chi connectivity index (χ3n) is 3.50. The Balaban J connectivity index is 2.66. The first-order chi connectivity index (χ1) is 7.95. The standard InChI is InChI=1S/C12H23NO3S/c1-3-4-10(2)12(17(13,14)15)9-11-5-7-16-8-6-11/h3,10-12H,1,4-9H2,2H3,(H2,13,14,15)/t10-,12-/m1/s1. The summed E-state index contributed by atoms with van der Waals surface area (Å²) in [5, 5.41) is 4.88. The Morgan fingerprint density at radius 1 is 1.47 bits per heavy atom. The second-order valence-corrected chi connectivity index (χ2v) is 6.70. The van der Waals surface area contributed by atoms with E-state index < -0.39 is 15.3 Å². The van der Waals surface area contributed by atoms with Crippen LogP contribution in [0.1, 0.15) is 32.6 Å². The smallest absolute Gasteiger partial charge is 0.212 e. The molecule has 1 aliphatic heterocycles. The lowest BCUT2D eigenvalue weighted by Gasteiger charge is -2.28. The minimum Gasteiger partial charge on any atom is -0.381 e.